The highest BCUT2D eigenvalue weighted by molar-refractivity contribution is 5.91. The van der Waals surface area contributed by atoms with E-state index in [1.807, 2.05) is 18.2 Å². The summed E-state index contributed by atoms with van der Waals surface area (Å²) in [6.45, 7) is 7.04. The lowest BCUT2D eigenvalue weighted by atomic mass is 10.2. The van der Waals surface area contributed by atoms with Crippen molar-refractivity contribution in [2.45, 2.75) is 20.0 Å². The van der Waals surface area contributed by atoms with Crippen LogP contribution in [0.15, 0.2) is 53.1 Å². The van der Waals surface area contributed by atoms with Gasteiger partial charge in [-0.2, -0.15) is 0 Å². The van der Waals surface area contributed by atoms with Gasteiger partial charge in [-0.25, -0.2) is 4.98 Å². The van der Waals surface area contributed by atoms with Crippen molar-refractivity contribution in [2.75, 3.05) is 37.9 Å². The number of anilines is 1. The number of benzene rings is 2. The summed E-state index contributed by atoms with van der Waals surface area (Å²) in [5, 5.41) is 2.87. The van der Waals surface area contributed by atoms with Gasteiger partial charge in [-0.05, 0) is 36.8 Å². The minimum absolute atomic E-state index is 0.230. The molecule has 32 heavy (non-hydrogen) atoms. The van der Waals surface area contributed by atoms with Crippen LogP contribution in [0.2, 0.25) is 0 Å². The number of hydrogen-bond acceptors (Lipinski definition) is 7. The number of fused-ring (bicyclic) bond motifs is 1. The van der Waals surface area contributed by atoms with Gasteiger partial charge in [-0.1, -0.05) is 23.8 Å². The van der Waals surface area contributed by atoms with Gasteiger partial charge in [0.25, 0.3) is 5.91 Å². The van der Waals surface area contributed by atoms with Gasteiger partial charge in [0, 0.05) is 38.4 Å². The van der Waals surface area contributed by atoms with Crippen LogP contribution in [0.1, 0.15) is 27.5 Å². The summed E-state index contributed by atoms with van der Waals surface area (Å²) in [5.74, 6) is 1.72. The Morgan fingerprint density at radius 2 is 1.81 bits per heavy atom. The van der Waals surface area contributed by atoms with Crippen molar-refractivity contribution >= 4 is 11.6 Å². The first kappa shape index (κ1) is 20.4. The van der Waals surface area contributed by atoms with Gasteiger partial charge in [0.15, 0.2) is 17.2 Å². The molecular formula is C24H26N4O4. The number of nitrogens with zero attached hydrogens (tertiary/aromatic N) is 3. The fraction of sp³-hybridized carbons (Fsp3) is 0.333. The summed E-state index contributed by atoms with van der Waals surface area (Å²) >= 11 is 0. The summed E-state index contributed by atoms with van der Waals surface area (Å²) in [5.41, 5.74) is 3.75. The molecule has 0 aliphatic carbocycles. The van der Waals surface area contributed by atoms with E-state index in [9.17, 15) is 4.79 Å². The van der Waals surface area contributed by atoms with Gasteiger partial charge in [0.2, 0.25) is 12.7 Å². The highest BCUT2D eigenvalue weighted by Crippen LogP contribution is 2.32. The molecule has 1 amide bonds. The zero-order valence-corrected chi connectivity index (χ0v) is 18.0. The van der Waals surface area contributed by atoms with Crippen LogP contribution in [0, 0.1) is 6.92 Å². The van der Waals surface area contributed by atoms with E-state index in [2.05, 4.69) is 51.3 Å². The molecule has 1 saturated heterocycles. The second kappa shape index (κ2) is 8.92. The van der Waals surface area contributed by atoms with Crippen molar-refractivity contribution in [3.8, 4) is 11.5 Å². The van der Waals surface area contributed by atoms with Gasteiger partial charge in [0.05, 0.1) is 6.54 Å². The van der Waals surface area contributed by atoms with E-state index in [1.165, 1.54) is 17.5 Å². The summed E-state index contributed by atoms with van der Waals surface area (Å²) in [6.07, 6.45) is 1.42. The van der Waals surface area contributed by atoms with Gasteiger partial charge < -0.3 is 24.1 Å². The van der Waals surface area contributed by atoms with Gasteiger partial charge in [-0.15, -0.1) is 0 Å². The van der Waals surface area contributed by atoms with Crippen molar-refractivity contribution in [3.63, 3.8) is 0 Å². The number of hydrogen-bond donors (Lipinski definition) is 1. The number of aromatic nitrogens is 1. The number of nitrogens with one attached hydrogen (secondary N) is 1. The van der Waals surface area contributed by atoms with Crippen LogP contribution in [0.4, 0.5) is 5.69 Å². The maximum atomic E-state index is 12.5. The number of piperazine rings is 1. The molecule has 0 spiro atoms. The number of amides is 1. The second-order valence-electron chi connectivity index (χ2n) is 8.10. The zero-order chi connectivity index (χ0) is 21.9. The third-order valence-corrected chi connectivity index (χ3v) is 5.80. The van der Waals surface area contributed by atoms with Crippen LogP contribution < -0.4 is 19.7 Å². The highest BCUT2D eigenvalue weighted by Gasteiger charge is 2.20. The Morgan fingerprint density at radius 1 is 1.03 bits per heavy atom. The van der Waals surface area contributed by atoms with E-state index in [4.69, 9.17) is 13.9 Å². The molecule has 2 aliphatic rings. The van der Waals surface area contributed by atoms with Gasteiger partial charge >= 0.3 is 0 Å². The van der Waals surface area contributed by atoms with E-state index in [-0.39, 0.29) is 12.7 Å². The largest absolute Gasteiger partial charge is 0.454 e. The number of oxazole rings is 1. The lowest BCUT2D eigenvalue weighted by molar-refractivity contribution is 0.0945. The van der Waals surface area contributed by atoms with E-state index >= 15 is 0 Å². The normalized spacial score (nSPS) is 15.7. The molecule has 0 atom stereocenters. The standard InChI is InChI=1S/C24H26N4O4/c1-17-2-5-19(6-3-17)28-10-8-27(9-11-28)14-23-26-20(15-30-23)24(29)25-13-18-4-7-21-22(12-18)32-16-31-21/h2-7,12,15H,8-11,13-14,16H2,1H3,(H,25,29). The minimum Gasteiger partial charge on any atom is -0.454 e. The summed E-state index contributed by atoms with van der Waals surface area (Å²) < 4.78 is 16.2. The van der Waals surface area contributed by atoms with Crippen LogP contribution in [0.3, 0.4) is 0 Å². The number of carbonyl (C=O) groups excluding carboxylic acids is 1. The Hall–Kier alpha value is -3.52. The summed E-state index contributed by atoms with van der Waals surface area (Å²) in [7, 11) is 0. The molecule has 2 aliphatic heterocycles. The average molecular weight is 434 g/mol. The third-order valence-electron chi connectivity index (χ3n) is 5.80. The first-order valence-electron chi connectivity index (χ1n) is 10.8. The first-order valence-corrected chi connectivity index (χ1v) is 10.8. The fourth-order valence-electron chi connectivity index (χ4n) is 3.92. The quantitative estimate of drug-likeness (QED) is 0.639. The molecule has 1 fully saturated rings. The topological polar surface area (TPSA) is 80.1 Å². The Kier molecular flexibility index (Phi) is 5.68. The van der Waals surface area contributed by atoms with Crippen LogP contribution in [0.25, 0.3) is 0 Å². The molecule has 3 aromatic rings. The molecule has 5 rings (SSSR count). The Labute approximate surface area is 186 Å². The summed E-state index contributed by atoms with van der Waals surface area (Å²) in [6, 6.07) is 14.3. The molecule has 1 N–H and O–H groups in total. The molecule has 0 radical (unpaired) electrons. The average Bonchev–Trinajstić information content (AvgIpc) is 3.48. The van der Waals surface area contributed by atoms with Crippen LogP contribution in [-0.4, -0.2) is 48.8 Å². The van der Waals surface area contributed by atoms with Crippen molar-refractivity contribution < 1.29 is 18.7 Å². The zero-order valence-electron chi connectivity index (χ0n) is 18.0. The molecule has 0 bridgehead atoms. The molecule has 8 heteroatoms. The van der Waals surface area contributed by atoms with E-state index in [0.29, 0.717) is 30.4 Å². The Balaban J connectivity index is 1.11. The first-order chi connectivity index (χ1) is 15.6. The van der Waals surface area contributed by atoms with E-state index < -0.39 is 0 Å². The molecular weight excluding hydrogens is 408 g/mol. The monoisotopic (exact) mass is 434 g/mol. The smallest absolute Gasteiger partial charge is 0.273 e. The van der Waals surface area contributed by atoms with Gasteiger partial charge in [-0.3, -0.25) is 9.69 Å². The Morgan fingerprint density at radius 3 is 2.62 bits per heavy atom. The molecule has 3 heterocycles. The van der Waals surface area contributed by atoms with Crippen molar-refractivity contribution in [1.82, 2.24) is 15.2 Å². The highest BCUT2D eigenvalue weighted by atomic mass is 16.7. The van der Waals surface area contributed by atoms with Gasteiger partial charge in [0.1, 0.15) is 6.26 Å². The van der Waals surface area contributed by atoms with Crippen molar-refractivity contribution in [3.05, 3.63) is 71.4 Å². The second-order valence-corrected chi connectivity index (χ2v) is 8.10. The van der Waals surface area contributed by atoms with E-state index in [1.54, 1.807) is 0 Å². The summed E-state index contributed by atoms with van der Waals surface area (Å²) in [4.78, 5) is 21.5. The molecule has 0 unspecified atom stereocenters. The van der Waals surface area contributed by atoms with Crippen LogP contribution in [-0.2, 0) is 13.1 Å². The maximum absolute atomic E-state index is 12.5. The molecule has 166 valence electrons. The molecule has 2 aromatic carbocycles. The number of aryl methyl sites for hydroxylation is 1. The van der Waals surface area contributed by atoms with Crippen molar-refractivity contribution in [1.29, 1.82) is 0 Å². The van der Waals surface area contributed by atoms with Crippen molar-refractivity contribution in [2.24, 2.45) is 0 Å². The maximum Gasteiger partial charge on any atom is 0.273 e. The number of ether oxygens (including phenoxy) is 2. The predicted octanol–water partition coefficient (Wildman–Crippen LogP) is 2.96. The molecule has 0 saturated carbocycles. The fourth-order valence-corrected chi connectivity index (χ4v) is 3.92. The molecule has 8 nitrogen and oxygen atoms in total. The number of carbonyl (C=O) groups is 1. The Bertz CT molecular complexity index is 1090. The minimum atomic E-state index is -0.262. The lowest BCUT2D eigenvalue weighted by Gasteiger charge is -2.35. The lowest BCUT2D eigenvalue weighted by Crippen LogP contribution is -2.46. The van der Waals surface area contributed by atoms with E-state index in [0.717, 1.165) is 37.5 Å². The molecule has 1 aromatic heterocycles. The number of rotatable bonds is 6. The predicted molar refractivity (Wildman–Crippen MR) is 119 cm³/mol. The third kappa shape index (κ3) is 4.55. The van der Waals surface area contributed by atoms with Crippen LogP contribution in [0.5, 0.6) is 11.5 Å². The SMILES string of the molecule is Cc1ccc(N2CCN(Cc3nc(C(=O)NCc4ccc5c(c4)OCO5)co3)CC2)cc1. The van der Waals surface area contributed by atoms with Crippen LogP contribution >= 0.6 is 0 Å².